The Labute approximate surface area is 148 Å². The maximum Gasteiger partial charge on any atom is 0.248 e. The third-order valence-electron chi connectivity index (χ3n) is 4.79. The number of hydrogen-bond donors (Lipinski definition) is 1. The number of allylic oxidation sites excluding steroid dienone is 1. The monoisotopic (exact) mass is 348 g/mol. The molecule has 0 spiro atoms. The highest BCUT2D eigenvalue weighted by Gasteiger charge is 2.25. The lowest BCUT2D eigenvalue weighted by Gasteiger charge is -2.35. The molecule has 3 rings (SSSR count). The quantitative estimate of drug-likeness (QED) is 0.888. The normalized spacial score (nSPS) is 20.2. The lowest BCUT2D eigenvalue weighted by Crippen LogP contribution is -2.44. The zero-order valence-electron chi connectivity index (χ0n) is 14.2. The smallest absolute Gasteiger partial charge is 0.248 e. The summed E-state index contributed by atoms with van der Waals surface area (Å²) in [5.41, 5.74) is 3.24. The number of benzene rings is 1. The Morgan fingerprint density at radius 2 is 2.12 bits per heavy atom. The second-order valence-electron chi connectivity index (χ2n) is 6.53. The van der Waals surface area contributed by atoms with Gasteiger partial charge in [-0.3, -0.25) is 9.69 Å². The van der Waals surface area contributed by atoms with Gasteiger partial charge in [0.05, 0.1) is 19.3 Å². The van der Waals surface area contributed by atoms with Gasteiger partial charge in [0, 0.05) is 30.2 Å². The van der Waals surface area contributed by atoms with Crippen LogP contribution >= 0.6 is 11.6 Å². The number of nitrogens with one attached hydrogen (secondary N) is 1. The maximum atomic E-state index is 12.4. The van der Waals surface area contributed by atoms with E-state index in [0.29, 0.717) is 6.54 Å². The predicted octanol–water partition coefficient (Wildman–Crippen LogP) is 3.16. The van der Waals surface area contributed by atoms with Crippen LogP contribution in [0.25, 0.3) is 0 Å². The number of amides is 1. The van der Waals surface area contributed by atoms with E-state index in [4.69, 9.17) is 16.3 Å². The first-order valence-corrected chi connectivity index (χ1v) is 9.07. The Balaban J connectivity index is 1.72. The van der Waals surface area contributed by atoms with Crippen LogP contribution in [0.4, 0.5) is 0 Å². The van der Waals surface area contributed by atoms with Crippen molar-refractivity contribution in [1.82, 2.24) is 10.2 Å². The molecule has 0 saturated carbocycles. The number of halogens is 1. The van der Waals surface area contributed by atoms with Gasteiger partial charge in [-0.15, -0.1) is 0 Å². The molecule has 1 amide bonds. The molecule has 1 aliphatic carbocycles. The third kappa shape index (κ3) is 4.18. The van der Waals surface area contributed by atoms with E-state index < -0.39 is 0 Å². The van der Waals surface area contributed by atoms with Crippen LogP contribution in [0.3, 0.4) is 0 Å². The lowest BCUT2D eigenvalue weighted by molar-refractivity contribution is -0.118. The molecule has 1 aromatic rings. The minimum Gasteiger partial charge on any atom is -0.379 e. The molecule has 1 atom stereocenters. The van der Waals surface area contributed by atoms with E-state index in [0.717, 1.165) is 56.2 Å². The predicted molar refractivity (Wildman–Crippen MR) is 96.1 cm³/mol. The van der Waals surface area contributed by atoms with Crippen LogP contribution in [0.15, 0.2) is 34.9 Å². The zero-order valence-corrected chi connectivity index (χ0v) is 14.9. The zero-order chi connectivity index (χ0) is 16.9. The number of morpholine rings is 1. The fraction of sp³-hybridized carbons (Fsp3) is 0.526. The number of aryl methyl sites for hydroxylation is 1. The van der Waals surface area contributed by atoms with Crippen LogP contribution in [0.1, 0.15) is 36.4 Å². The number of carbonyl (C=O) groups excluding carboxylic acids is 1. The van der Waals surface area contributed by atoms with Crippen molar-refractivity contribution in [3.8, 4) is 0 Å². The topological polar surface area (TPSA) is 41.6 Å². The number of rotatable bonds is 5. The second kappa shape index (κ2) is 8.15. The minimum atomic E-state index is -0.0107. The first kappa shape index (κ1) is 17.5. The molecule has 1 aliphatic heterocycles. The van der Waals surface area contributed by atoms with Crippen LogP contribution < -0.4 is 5.32 Å². The van der Waals surface area contributed by atoms with Gasteiger partial charge in [-0.25, -0.2) is 0 Å². The highest BCUT2D eigenvalue weighted by Crippen LogP contribution is 2.29. The Kier molecular flexibility index (Phi) is 5.93. The van der Waals surface area contributed by atoms with E-state index in [1.165, 1.54) is 11.1 Å². The average Bonchev–Trinajstić information content (AvgIpc) is 3.02. The summed E-state index contributed by atoms with van der Waals surface area (Å²) in [6.07, 6.45) is 2.60. The van der Waals surface area contributed by atoms with Crippen molar-refractivity contribution in [3.05, 3.63) is 46.0 Å². The van der Waals surface area contributed by atoms with E-state index in [2.05, 4.69) is 41.4 Å². The largest absolute Gasteiger partial charge is 0.379 e. The number of hydrogen-bond acceptors (Lipinski definition) is 3. The number of ether oxygens (including phenoxy) is 1. The van der Waals surface area contributed by atoms with Crippen molar-refractivity contribution >= 4 is 17.5 Å². The van der Waals surface area contributed by atoms with Crippen molar-refractivity contribution in [1.29, 1.82) is 0 Å². The van der Waals surface area contributed by atoms with Crippen molar-refractivity contribution in [2.24, 2.45) is 0 Å². The average molecular weight is 349 g/mol. The second-order valence-corrected chi connectivity index (χ2v) is 6.98. The van der Waals surface area contributed by atoms with Gasteiger partial charge in [0.1, 0.15) is 0 Å². The molecule has 1 saturated heterocycles. The van der Waals surface area contributed by atoms with E-state index in [-0.39, 0.29) is 11.9 Å². The summed E-state index contributed by atoms with van der Waals surface area (Å²) in [5, 5.41) is 3.83. The van der Waals surface area contributed by atoms with Crippen LogP contribution in [0.2, 0.25) is 0 Å². The van der Waals surface area contributed by atoms with Gasteiger partial charge in [0.2, 0.25) is 5.91 Å². The molecule has 1 N–H and O–H groups in total. The first-order chi connectivity index (χ1) is 11.6. The minimum absolute atomic E-state index is 0.0107. The molecule has 24 heavy (non-hydrogen) atoms. The molecule has 0 aromatic heterocycles. The molecule has 1 aromatic carbocycles. The van der Waals surface area contributed by atoms with Gasteiger partial charge in [-0.2, -0.15) is 0 Å². The van der Waals surface area contributed by atoms with Crippen LogP contribution in [0, 0.1) is 6.92 Å². The summed E-state index contributed by atoms with van der Waals surface area (Å²) in [6.45, 7) is 5.95. The number of carbonyl (C=O) groups is 1. The van der Waals surface area contributed by atoms with Gasteiger partial charge in [-0.1, -0.05) is 41.4 Å². The van der Waals surface area contributed by atoms with E-state index in [1.807, 2.05) is 0 Å². The van der Waals surface area contributed by atoms with Crippen LogP contribution in [-0.4, -0.2) is 43.7 Å². The molecule has 1 unspecified atom stereocenters. The van der Waals surface area contributed by atoms with E-state index in [1.54, 1.807) is 0 Å². The van der Waals surface area contributed by atoms with Crippen LogP contribution in [0.5, 0.6) is 0 Å². The van der Waals surface area contributed by atoms with Crippen molar-refractivity contribution in [2.45, 2.75) is 32.2 Å². The van der Waals surface area contributed by atoms with E-state index >= 15 is 0 Å². The summed E-state index contributed by atoms with van der Waals surface area (Å²) >= 11 is 6.17. The van der Waals surface area contributed by atoms with Gasteiger partial charge in [0.25, 0.3) is 0 Å². The molecular formula is C19H25ClN2O2. The Hall–Kier alpha value is -1.36. The standard InChI is InChI=1S/C19H25ClN2O2/c1-14-4-2-5-15(12-14)18(22-8-10-24-11-9-22)13-21-19(23)16-6-3-7-17(16)20/h2,4-5,12,18H,3,6-11,13H2,1H3,(H,21,23). The van der Waals surface area contributed by atoms with Gasteiger partial charge in [-0.05, 0) is 31.7 Å². The molecule has 1 heterocycles. The van der Waals surface area contributed by atoms with Crippen molar-refractivity contribution in [2.75, 3.05) is 32.8 Å². The first-order valence-electron chi connectivity index (χ1n) is 8.69. The SMILES string of the molecule is Cc1cccc(C(CNC(=O)C2=C(Cl)CCC2)N2CCOCC2)c1. The Morgan fingerprint density at radius 1 is 1.33 bits per heavy atom. The Morgan fingerprint density at radius 3 is 2.79 bits per heavy atom. The molecule has 4 nitrogen and oxygen atoms in total. The highest BCUT2D eigenvalue weighted by atomic mass is 35.5. The van der Waals surface area contributed by atoms with Crippen molar-refractivity contribution in [3.63, 3.8) is 0 Å². The van der Waals surface area contributed by atoms with Gasteiger partial charge in [0.15, 0.2) is 0 Å². The molecule has 2 aliphatic rings. The molecule has 1 fully saturated rings. The lowest BCUT2D eigenvalue weighted by atomic mass is 10.0. The summed E-state index contributed by atoms with van der Waals surface area (Å²) < 4.78 is 5.48. The maximum absolute atomic E-state index is 12.4. The summed E-state index contributed by atoms with van der Waals surface area (Å²) in [4.78, 5) is 14.8. The van der Waals surface area contributed by atoms with Crippen LogP contribution in [-0.2, 0) is 9.53 Å². The molecular weight excluding hydrogens is 324 g/mol. The highest BCUT2D eigenvalue weighted by molar-refractivity contribution is 6.32. The summed E-state index contributed by atoms with van der Waals surface area (Å²) in [5.74, 6) is -0.0107. The summed E-state index contributed by atoms with van der Waals surface area (Å²) in [6, 6.07) is 8.69. The molecule has 130 valence electrons. The van der Waals surface area contributed by atoms with E-state index in [9.17, 15) is 4.79 Å². The van der Waals surface area contributed by atoms with Gasteiger partial charge >= 0.3 is 0 Å². The summed E-state index contributed by atoms with van der Waals surface area (Å²) in [7, 11) is 0. The Bertz CT molecular complexity index is 624. The van der Waals surface area contributed by atoms with Crippen molar-refractivity contribution < 1.29 is 9.53 Å². The fourth-order valence-corrected chi connectivity index (χ4v) is 3.78. The third-order valence-corrected chi connectivity index (χ3v) is 5.21. The molecule has 0 bridgehead atoms. The van der Waals surface area contributed by atoms with Gasteiger partial charge < -0.3 is 10.1 Å². The molecule has 5 heteroatoms. The molecule has 0 radical (unpaired) electrons. The fourth-order valence-electron chi connectivity index (χ4n) is 3.46. The number of nitrogens with zero attached hydrogens (tertiary/aromatic N) is 1.